The lowest BCUT2D eigenvalue weighted by atomic mass is 10.2. The largest absolute Gasteiger partial charge is 0.353 e. The van der Waals surface area contributed by atoms with Crippen molar-refractivity contribution in [2.75, 3.05) is 32.1 Å². The molecule has 1 aliphatic heterocycles. The van der Waals surface area contributed by atoms with Crippen molar-refractivity contribution in [3.63, 3.8) is 0 Å². The highest BCUT2D eigenvalue weighted by Crippen LogP contribution is 2.29. The Kier molecular flexibility index (Phi) is 4.63. The lowest BCUT2D eigenvalue weighted by Gasteiger charge is -2.29. The zero-order valence-corrected chi connectivity index (χ0v) is 14.5. The number of nitrogens with zero attached hydrogens (tertiary/aromatic N) is 5. The van der Waals surface area contributed by atoms with E-state index in [2.05, 4.69) is 19.2 Å². The molecule has 122 valence electrons. The number of amides is 1. The summed E-state index contributed by atoms with van der Waals surface area (Å²) in [6.45, 7) is 4.44. The summed E-state index contributed by atoms with van der Waals surface area (Å²) in [7, 11) is 3.98. The first kappa shape index (κ1) is 15.7. The summed E-state index contributed by atoms with van der Waals surface area (Å²) in [6, 6.07) is 0.952. The highest BCUT2D eigenvalue weighted by Gasteiger charge is 2.35. The minimum absolute atomic E-state index is 0.219. The number of carbonyl (C=O) groups excluding carboxylic acids is 1. The molecule has 1 atom stereocenters. The van der Waals surface area contributed by atoms with Crippen LogP contribution in [0.5, 0.6) is 0 Å². The minimum Gasteiger partial charge on any atom is -0.353 e. The van der Waals surface area contributed by atoms with E-state index >= 15 is 0 Å². The van der Waals surface area contributed by atoms with Crippen LogP contribution in [0.15, 0.2) is 0 Å². The molecule has 2 fully saturated rings. The van der Waals surface area contributed by atoms with Gasteiger partial charge in [0.25, 0.3) is 0 Å². The van der Waals surface area contributed by atoms with Crippen molar-refractivity contribution in [2.24, 2.45) is 0 Å². The first-order chi connectivity index (χ1) is 10.5. The molecule has 1 aromatic rings. The maximum Gasteiger partial charge on any atom is 0.219 e. The zero-order valence-electron chi connectivity index (χ0n) is 13.7. The number of likely N-dealkylation sites (tertiary alicyclic amines) is 1. The third kappa shape index (κ3) is 3.57. The van der Waals surface area contributed by atoms with Crippen molar-refractivity contribution in [1.29, 1.82) is 0 Å². The minimum atomic E-state index is 0.219. The van der Waals surface area contributed by atoms with Gasteiger partial charge in [0.1, 0.15) is 0 Å². The van der Waals surface area contributed by atoms with Crippen molar-refractivity contribution in [3.05, 3.63) is 5.82 Å². The van der Waals surface area contributed by atoms with Crippen LogP contribution >= 0.6 is 11.5 Å². The van der Waals surface area contributed by atoms with E-state index in [1.807, 2.05) is 19.0 Å². The zero-order chi connectivity index (χ0) is 15.7. The number of rotatable bonds is 6. The van der Waals surface area contributed by atoms with Gasteiger partial charge in [0.05, 0.1) is 6.54 Å². The average Bonchev–Trinajstić information content (AvgIpc) is 3.02. The average molecular weight is 323 g/mol. The van der Waals surface area contributed by atoms with Crippen molar-refractivity contribution >= 4 is 22.6 Å². The van der Waals surface area contributed by atoms with Gasteiger partial charge in [-0.1, -0.05) is 0 Å². The van der Waals surface area contributed by atoms with Crippen LogP contribution < -0.4 is 4.90 Å². The Balaban J connectivity index is 1.61. The van der Waals surface area contributed by atoms with Gasteiger partial charge in [-0.05, 0) is 32.2 Å². The summed E-state index contributed by atoms with van der Waals surface area (Å²) in [5.74, 6) is 1.12. The quantitative estimate of drug-likeness (QED) is 0.795. The van der Waals surface area contributed by atoms with E-state index in [0.717, 1.165) is 30.6 Å². The molecule has 0 N–H and O–H groups in total. The molecule has 6 nitrogen and oxygen atoms in total. The lowest BCUT2D eigenvalue weighted by molar-refractivity contribution is -0.130. The van der Waals surface area contributed by atoms with Crippen LogP contribution in [0.2, 0.25) is 0 Å². The Morgan fingerprint density at radius 2 is 2.14 bits per heavy atom. The molecular formula is C15H25N5OS. The monoisotopic (exact) mass is 323 g/mol. The fraction of sp³-hybridized carbons (Fsp3) is 0.800. The van der Waals surface area contributed by atoms with E-state index in [9.17, 15) is 4.79 Å². The Labute approximate surface area is 136 Å². The number of anilines is 1. The molecule has 1 amide bonds. The molecule has 2 aliphatic rings. The lowest BCUT2D eigenvalue weighted by Crippen LogP contribution is -2.43. The molecule has 1 saturated carbocycles. The molecule has 1 aromatic heterocycles. The van der Waals surface area contributed by atoms with Gasteiger partial charge >= 0.3 is 0 Å². The second kappa shape index (κ2) is 6.50. The van der Waals surface area contributed by atoms with Crippen molar-refractivity contribution in [1.82, 2.24) is 19.2 Å². The van der Waals surface area contributed by atoms with E-state index in [1.165, 1.54) is 37.2 Å². The van der Waals surface area contributed by atoms with Gasteiger partial charge in [-0.15, -0.1) is 0 Å². The maximum absolute atomic E-state index is 11.8. The molecule has 0 spiro atoms. The second-order valence-electron chi connectivity index (χ2n) is 6.56. The van der Waals surface area contributed by atoms with Crippen LogP contribution in [0.3, 0.4) is 0 Å². The summed E-state index contributed by atoms with van der Waals surface area (Å²) >= 11 is 1.45. The Bertz CT molecular complexity index is 528. The first-order valence-corrected chi connectivity index (χ1v) is 8.83. The molecule has 0 radical (unpaired) electrons. The normalized spacial score (nSPS) is 22.0. The fourth-order valence-corrected chi connectivity index (χ4v) is 3.73. The van der Waals surface area contributed by atoms with Gasteiger partial charge in [-0.3, -0.25) is 9.69 Å². The Hall–Kier alpha value is -1.21. The highest BCUT2D eigenvalue weighted by atomic mass is 32.1. The maximum atomic E-state index is 11.8. The van der Waals surface area contributed by atoms with Gasteiger partial charge in [-0.2, -0.15) is 4.37 Å². The Morgan fingerprint density at radius 3 is 2.73 bits per heavy atom. The van der Waals surface area contributed by atoms with Crippen LogP contribution in [0.1, 0.15) is 38.4 Å². The number of hydrogen-bond acceptors (Lipinski definition) is 6. The van der Waals surface area contributed by atoms with Gasteiger partial charge < -0.3 is 9.80 Å². The predicted molar refractivity (Wildman–Crippen MR) is 88.1 cm³/mol. The van der Waals surface area contributed by atoms with E-state index in [0.29, 0.717) is 12.1 Å². The Morgan fingerprint density at radius 1 is 1.36 bits per heavy atom. The smallest absolute Gasteiger partial charge is 0.219 e. The van der Waals surface area contributed by atoms with E-state index in [1.54, 1.807) is 6.92 Å². The van der Waals surface area contributed by atoms with Gasteiger partial charge in [0.2, 0.25) is 11.0 Å². The standard InChI is InChI=1S/C15H25N5OS/c1-11(21)20(12-6-7-12)9-13-5-4-8-19(13)10-14-16-15(18(2)3)22-17-14/h12-13H,4-10H2,1-3H3/t13-/m1/s1. The van der Waals surface area contributed by atoms with Crippen LogP contribution in [0.4, 0.5) is 5.13 Å². The summed E-state index contributed by atoms with van der Waals surface area (Å²) in [6.07, 6.45) is 4.71. The summed E-state index contributed by atoms with van der Waals surface area (Å²) in [4.78, 5) is 22.9. The molecule has 0 aromatic carbocycles. The fourth-order valence-electron chi connectivity index (χ4n) is 3.13. The molecule has 7 heteroatoms. The van der Waals surface area contributed by atoms with Crippen molar-refractivity contribution < 1.29 is 4.79 Å². The van der Waals surface area contributed by atoms with Gasteiger partial charge in [0.15, 0.2) is 5.82 Å². The molecule has 22 heavy (non-hydrogen) atoms. The molecule has 2 heterocycles. The number of aromatic nitrogens is 2. The molecule has 0 bridgehead atoms. The summed E-state index contributed by atoms with van der Waals surface area (Å²) < 4.78 is 4.46. The summed E-state index contributed by atoms with van der Waals surface area (Å²) in [5.41, 5.74) is 0. The van der Waals surface area contributed by atoms with Crippen LogP contribution in [-0.2, 0) is 11.3 Å². The third-order valence-corrected chi connectivity index (χ3v) is 5.40. The molecular weight excluding hydrogens is 298 g/mol. The van der Waals surface area contributed by atoms with Crippen LogP contribution in [0, 0.1) is 0 Å². The first-order valence-electron chi connectivity index (χ1n) is 8.05. The van der Waals surface area contributed by atoms with E-state index in [-0.39, 0.29) is 5.91 Å². The third-order valence-electron chi connectivity index (χ3n) is 4.48. The van der Waals surface area contributed by atoms with Crippen LogP contribution in [0.25, 0.3) is 0 Å². The van der Waals surface area contributed by atoms with Crippen LogP contribution in [-0.4, -0.2) is 64.3 Å². The van der Waals surface area contributed by atoms with Gasteiger partial charge in [0, 0.05) is 51.2 Å². The SMILES string of the molecule is CC(=O)N(C[C@H]1CCCN1Cc1nsc(N(C)C)n1)C1CC1. The topological polar surface area (TPSA) is 52.6 Å². The van der Waals surface area contributed by atoms with E-state index in [4.69, 9.17) is 0 Å². The highest BCUT2D eigenvalue weighted by molar-refractivity contribution is 7.09. The molecule has 3 rings (SSSR count). The van der Waals surface area contributed by atoms with Gasteiger partial charge in [-0.25, -0.2) is 4.98 Å². The van der Waals surface area contributed by atoms with Crippen molar-refractivity contribution in [3.8, 4) is 0 Å². The summed E-state index contributed by atoms with van der Waals surface area (Å²) in [5, 5.41) is 0.953. The van der Waals surface area contributed by atoms with E-state index < -0.39 is 0 Å². The number of carbonyl (C=O) groups is 1. The molecule has 0 unspecified atom stereocenters. The van der Waals surface area contributed by atoms with Crippen molar-refractivity contribution in [2.45, 2.75) is 51.2 Å². The predicted octanol–water partition coefficient (Wildman–Crippen LogP) is 1.58. The molecule has 1 aliphatic carbocycles. The molecule has 1 saturated heterocycles. The number of hydrogen-bond donors (Lipinski definition) is 0. The second-order valence-corrected chi connectivity index (χ2v) is 7.29.